The van der Waals surface area contributed by atoms with Crippen LogP contribution in [0.2, 0.25) is 0 Å². The molecule has 9 heteroatoms. The third kappa shape index (κ3) is 6.13. The fraction of sp³-hybridized carbons (Fsp3) is 0.455. The number of amides is 1. The summed E-state index contributed by atoms with van der Waals surface area (Å²) in [6.07, 6.45) is 5.37. The van der Waals surface area contributed by atoms with Crippen molar-refractivity contribution in [3.05, 3.63) is 53.7 Å². The van der Waals surface area contributed by atoms with Crippen LogP contribution in [-0.2, 0) is 11.2 Å². The van der Waals surface area contributed by atoms with Crippen LogP contribution in [0.25, 0.3) is 0 Å². The molecule has 166 valence electrons. The Balaban J connectivity index is 1.59. The third-order valence-corrected chi connectivity index (χ3v) is 5.20. The number of carbonyl (C=O) groups excluding carboxylic acids is 1. The van der Waals surface area contributed by atoms with Crippen LogP contribution in [0.5, 0.6) is 0 Å². The van der Waals surface area contributed by atoms with Crippen LogP contribution in [0.3, 0.4) is 0 Å². The lowest BCUT2D eigenvalue weighted by molar-refractivity contribution is -0.115. The Morgan fingerprint density at radius 2 is 2.16 bits per heavy atom. The number of amidine groups is 1. The van der Waals surface area contributed by atoms with E-state index < -0.39 is 6.67 Å². The summed E-state index contributed by atoms with van der Waals surface area (Å²) in [5.41, 5.74) is 6.95. The van der Waals surface area contributed by atoms with Crippen LogP contribution in [0, 0.1) is 0 Å². The molecule has 1 aromatic heterocycles. The quantitative estimate of drug-likeness (QED) is 0.133. The number of anilines is 1. The molecule has 2 aromatic rings. The lowest BCUT2D eigenvalue weighted by atomic mass is 10.1. The number of aryl methyl sites for hydroxylation is 1. The van der Waals surface area contributed by atoms with Crippen LogP contribution in [-0.4, -0.2) is 40.3 Å². The van der Waals surface area contributed by atoms with Crippen molar-refractivity contribution in [3.63, 3.8) is 0 Å². The van der Waals surface area contributed by atoms with Crippen LogP contribution in [0.1, 0.15) is 61.7 Å². The molecule has 0 saturated heterocycles. The third-order valence-electron chi connectivity index (χ3n) is 5.20. The average Bonchev–Trinajstić information content (AvgIpc) is 3.53. The number of halogens is 1. The Morgan fingerprint density at radius 1 is 1.35 bits per heavy atom. The monoisotopic (exact) mass is 429 g/mol. The Kier molecular flexibility index (Phi) is 7.75. The minimum atomic E-state index is -0.643. The highest BCUT2D eigenvalue weighted by molar-refractivity contribution is 6.06. The van der Waals surface area contributed by atoms with Gasteiger partial charge in [0.15, 0.2) is 11.7 Å². The number of carbonyl (C=O) groups is 1. The zero-order valence-corrected chi connectivity index (χ0v) is 17.5. The zero-order valence-electron chi connectivity index (χ0n) is 17.5. The van der Waals surface area contributed by atoms with Gasteiger partial charge < -0.3 is 20.4 Å². The molecule has 0 atom stereocenters. The van der Waals surface area contributed by atoms with Gasteiger partial charge in [-0.1, -0.05) is 35.4 Å². The van der Waals surface area contributed by atoms with E-state index in [1.54, 1.807) is 29.2 Å². The first-order valence-electron chi connectivity index (χ1n) is 10.5. The van der Waals surface area contributed by atoms with E-state index in [1.165, 1.54) is 0 Å². The minimum absolute atomic E-state index is 0.0181. The Labute approximate surface area is 180 Å². The van der Waals surface area contributed by atoms with Crippen LogP contribution in [0.4, 0.5) is 10.1 Å². The normalized spacial score (nSPS) is 13.9. The minimum Gasteiger partial charge on any atom is -0.409 e. The van der Waals surface area contributed by atoms with E-state index in [9.17, 15) is 9.18 Å². The summed E-state index contributed by atoms with van der Waals surface area (Å²) in [7, 11) is 0. The maximum absolute atomic E-state index is 12.9. The van der Waals surface area contributed by atoms with E-state index in [2.05, 4.69) is 21.9 Å². The molecule has 1 heterocycles. The largest absolute Gasteiger partial charge is 0.409 e. The van der Waals surface area contributed by atoms with Gasteiger partial charge in [0.05, 0.1) is 6.67 Å². The molecule has 1 saturated carbocycles. The van der Waals surface area contributed by atoms with Crippen molar-refractivity contribution in [2.45, 2.75) is 50.9 Å². The molecule has 1 amide bonds. The summed E-state index contributed by atoms with van der Waals surface area (Å²) in [5.74, 6) is 1.54. The van der Waals surface area contributed by atoms with Gasteiger partial charge >= 0.3 is 0 Å². The Bertz CT molecular complexity index is 939. The first kappa shape index (κ1) is 22.5. The van der Waals surface area contributed by atoms with Gasteiger partial charge in [0.2, 0.25) is 5.89 Å². The molecule has 3 rings (SSSR count). The molecular weight excluding hydrogens is 401 g/mol. The molecular formula is C22H28FN5O3. The molecule has 0 spiro atoms. The van der Waals surface area contributed by atoms with E-state index in [0.717, 1.165) is 37.9 Å². The fourth-order valence-corrected chi connectivity index (χ4v) is 3.25. The lowest BCUT2D eigenvalue weighted by Crippen LogP contribution is -2.33. The van der Waals surface area contributed by atoms with Crippen LogP contribution in [0.15, 0.2) is 46.1 Å². The van der Waals surface area contributed by atoms with Gasteiger partial charge in [0.25, 0.3) is 5.91 Å². The summed E-state index contributed by atoms with van der Waals surface area (Å²) >= 11 is 0. The van der Waals surface area contributed by atoms with Crippen LogP contribution < -0.4 is 10.6 Å². The topological polar surface area (TPSA) is 118 Å². The van der Waals surface area contributed by atoms with Gasteiger partial charge in [0.1, 0.15) is 0 Å². The van der Waals surface area contributed by atoms with Crippen molar-refractivity contribution < 1.29 is 18.9 Å². The maximum Gasteiger partial charge on any atom is 0.253 e. The SMILES string of the molecule is C=C(CCF)C(=O)N(CCCCCc1nc(C2CC2)no1)c1cccc(/C(N)=N/O)c1. The number of oxime groups is 1. The molecule has 1 aromatic carbocycles. The molecule has 31 heavy (non-hydrogen) atoms. The van der Waals surface area contributed by atoms with Gasteiger partial charge in [-0.2, -0.15) is 4.98 Å². The molecule has 0 unspecified atom stereocenters. The van der Waals surface area contributed by atoms with Crippen molar-refractivity contribution in [1.29, 1.82) is 0 Å². The van der Waals surface area contributed by atoms with E-state index >= 15 is 0 Å². The zero-order chi connectivity index (χ0) is 22.2. The van der Waals surface area contributed by atoms with Gasteiger partial charge in [-0.25, -0.2) is 0 Å². The second-order valence-electron chi connectivity index (χ2n) is 7.67. The molecule has 0 bridgehead atoms. The summed E-state index contributed by atoms with van der Waals surface area (Å²) in [5, 5.41) is 15.9. The number of nitrogens with zero attached hydrogens (tertiary/aromatic N) is 4. The number of nitrogens with two attached hydrogens (primary N) is 1. The number of benzene rings is 1. The average molecular weight is 429 g/mol. The molecule has 0 radical (unpaired) electrons. The number of rotatable bonds is 12. The molecule has 0 aliphatic heterocycles. The predicted molar refractivity (Wildman–Crippen MR) is 115 cm³/mol. The smallest absolute Gasteiger partial charge is 0.253 e. The van der Waals surface area contributed by atoms with Crippen molar-refractivity contribution in [1.82, 2.24) is 10.1 Å². The van der Waals surface area contributed by atoms with Gasteiger partial charge in [-0.3, -0.25) is 9.18 Å². The van der Waals surface area contributed by atoms with Crippen molar-refractivity contribution in [2.75, 3.05) is 18.1 Å². The highest BCUT2D eigenvalue weighted by Crippen LogP contribution is 2.38. The molecule has 1 fully saturated rings. The Hall–Kier alpha value is -3.23. The van der Waals surface area contributed by atoms with Gasteiger partial charge in [-0.15, -0.1) is 0 Å². The Morgan fingerprint density at radius 3 is 2.87 bits per heavy atom. The van der Waals surface area contributed by atoms with Crippen molar-refractivity contribution in [2.24, 2.45) is 10.9 Å². The molecule has 8 nitrogen and oxygen atoms in total. The van der Waals surface area contributed by atoms with Gasteiger partial charge in [0, 0.05) is 42.1 Å². The van der Waals surface area contributed by atoms with E-state index in [0.29, 0.717) is 36.0 Å². The molecule has 1 aliphatic carbocycles. The summed E-state index contributed by atoms with van der Waals surface area (Å²) in [4.78, 5) is 18.8. The highest BCUT2D eigenvalue weighted by atomic mass is 19.1. The van der Waals surface area contributed by atoms with Gasteiger partial charge in [-0.05, 0) is 37.8 Å². The van der Waals surface area contributed by atoms with E-state index in [1.807, 2.05) is 0 Å². The lowest BCUT2D eigenvalue weighted by Gasteiger charge is -2.24. The van der Waals surface area contributed by atoms with Crippen LogP contribution >= 0.6 is 0 Å². The number of hydrogen-bond donors (Lipinski definition) is 2. The number of hydrogen-bond acceptors (Lipinski definition) is 6. The van der Waals surface area contributed by atoms with Crippen molar-refractivity contribution >= 4 is 17.4 Å². The van der Waals surface area contributed by atoms with E-state index in [4.69, 9.17) is 15.5 Å². The number of alkyl halides is 1. The second-order valence-corrected chi connectivity index (χ2v) is 7.67. The first-order chi connectivity index (χ1) is 15.0. The summed E-state index contributed by atoms with van der Waals surface area (Å²) in [6, 6.07) is 6.81. The second kappa shape index (κ2) is 10.7. The molecule has 3 N–H and O–H groups in total. The maximum atomic E-state index is 12.9. The number of unbranched alkanes of at least 4 members (excludes halogenated alkanes) is 2. The first-order valence-corrected chi connectivity index (χ1v) is 10.5. The predicted octanol–water partition coefficient (Wildman–Crippen LogP) is 3.70. The van der Waals surface area contributed by atoms with E-state index in [-0.39, 0.29) is 23.7 Å². The highest BCUT2D eigenvalue weighted by Gasteiger charge is 2.28. The standard InChI is InChI=1S/C22H28FN5O3/c1-15(11-12-23)22(29)28(18-7-5-6-17(14-18)20(24)26-30)13-4-2-3-8-19-25-21(27-31-19)16-9-10-16/h5-7,14,16,30H,1-4,8-13H2,(H2,24,26). The number of aromatic nitrogens is 2. The molecule has 1 aliphatic rings. The fourth-order valence-electron chi connectivity index (χ4n) is 3.25. The summed E-state index contributed by atoms with van der Waals surface area (Å²) < 4.78 is 18.0. The summed E-state index contributed by atoms with van der Waals surface area (Å²) in [6.45, 7) is 3.51. The van der Waals surface area contributed by atoms with Crippen molar-refractivity contribution in [3.8, 4) is 0 Å².